The maximum Gasteiger partial charge on any atom is 0.416 e. The zero-order valence-corrected chi connectivity index (χ0v) is 12.7. The highest BCUT2D eigenvalue weighted by atomic mass is 19.4. The molecule has 0 saturated heterocycles. The standard InChI is InChI=1S/C16H15F3N2O3/c1-24-15(11-5-3-2-4-6-11)10-20-13-8-7-12(16(17,18)19)9-14(13)21(22)23/h2-9,15,20H,10H2,1H3/t15-/m1/s1. The second-order valence-electron chi connectivity index (χ2n) is 5.00. The van der Waals surface area contributed by atoms with E-state index in [-0.39, 0.29) is 12.2 Å². The minimum absolute atomic E-state index is 0.00554. The maximum absolute atomic E-state index is 12.7. The van der Waals surface area contributed by atoms with Crippen LogP contribution >= 0.6 is 0 Å². The number of benzene rings is 2. The highest BCUT2D eigenvalue weighted by Gasteiger charge is 2.33. The molecular weight excluding hydrogens is 325 g/mol. The average Bonchev–Trinajstić information content (AvgIpc) is 2.55. The minimum Gasteiger partial charge on any atom is -0.377 e. The van der Waals surface area contributed by atoms with Crippen molar-refractivity contribution in [2.75, 3.05) is 19.0 Å². The number of hydrogen-bond acceptors (Lipinski definition) is 4. The Bertz CT molecular complexity index is 705. The zero-order chi connectivity index (χ0) is 17.7. The van der Waals surface area contributed by atoms with Crippen molar-refractivity contribution in [3.63, 3.8) is 0 Å². The highest BCUT2D eigenvalue weighted by Crippen LogP contribution is 2.35. The van der Waals surface area contributed by atoms with E-state index in [4.69, 9.17) is 4.74 Å². The number of nitro groups is 1. The van der Waals surface area contributed by atoms with Crippen LogP contribution in [-0.4, -0.2) is 18.6 Å². The fraction of sp³-hybridized carbons (Fsp3) is 0.250. The summed E-state index contributed by atoms with van der Waals surface area (Å²) in [7, 11) is 1.49. The molecule has 1 N–H and O–H groups in total. The van der Waals surface area contributed by atoms with Crippen molar-refractivity contribution in [2.24, 2.45) is 0 Å². The fourth-order valence-electron chi connectivity index (χ4n) is 2.22. The first-order chi connectivity index (χ1) is 11.3. The summed E-state index contributed by atoms with van der Waals surface area (Å²) in [6.07, 6.45) is -5.03. The third kappa shape index (κ3) is 4.23. The summed E-state index contributed by atoms with van der Waals surface area (Å²) < 4.78 is 43.4. The normalized spacial score (nSPS) is 12.7. The third-order valence-electron chi connectivity index (χ3n) is 3.46. The Hall–Kier alpha value is -2.61. The fourth-order valence-corrected chi connectivity index (χ4v) is 2.22. The van der Waals surface area contributed by atoms with Gasteiger partial charge in [-0.15, -0.1) is 0 Å². The molecule has 8 heteroatoms. The van der Waals surface area contributed by atoms with E-state index in [2.05, 4.69) is 5.32 Å². The Balaban J connectivity index is 2.21. The maximum atomic E-state index is 12.7. The van der Waals surface area contributed by atoms with Gasteiger partial charge in [-0.25, -0.2) is 0 Å². The minimum atomic E-state index is -4.64. The summed E-state index contributed by atoms with van der Waals surface area (Å²) in [5.74, 6) is 0. The molecule has 0 fully saturated rings. The van der Waals surface area contributed by atoms with E-state index in [1.807, 2.05) is 30.3 Å². The number of rotatable bonds is 6. The summed E-state index contributed by atoms with van der Waals surface area (Å²) in [4.78, 5) is 10.2. The van der Waals surface area contributed by atoms with Gasteiger partial charge in [0.25, 0.3) is 5.69 Å². The Kier molecular flexibility index (Phi) is 5.40. The molecule has 0 bridgehead atoms. The molecule has 128 valence electrons. The number of halogens is 3. The van der Waals surface area contributed by atoms with Crippen molar-refractivity contribution < 1.29 is 22.8 Å². The number of nitro benzene ring substituents is 1. The second kappa shape index (κ2) is 7.31. The molecule has 0 heterocycles. The summed E-state index contributed by atoms with van der Waals surface area (Å²) in [6, 6.07) is 11.5. The first-order valence-electron chi connectivity index (χ1n) is 7.00. The van der Waals surface area contributed by atoms with Gasteiger partial charge < -0.3 is 10.1 Å². The van der Waals surface area contributed by atoms with E-state index in [9.17, 15) is 23.3 Å². The predicted molar refractivity (Wildman–Crippen MR) is 82.8 cm³/mol. The molecule has 0 saturated carbocycles. The Labute approximate surface area is 136 Å². The van der Waals surface area contributed by atoms with Crippen LogP contribution in [-0.2, 0) is 10.9 Å². The molecule has 0 radical (unpaired) electrons. The summed E-state index contributed by atoms with van der Waals surface area (Å²) in [5, 5.41) is 13.8. The molecule has 0 spiro atoms. The molecule has 24 heavy (non-hydrogen) atoms. The van der Waals surface area contributed by atoms with Gasteiger partial charge in [-0.3, -0.25) is 10.1 Å². The first-order valence-corrected chi connectivity index (χ1v) is 7.00. The summed E-state index contributed by atoms with van der Waals surface area (Å²) in [5.41, 5.74) is -0.841. The van der Waals surface area contributed by atoms with Crippen molar-refractivity contribution in [3.8, 4) is 0 Å². The molecule has 0 amide bonds. The topological polar surface area (TPSA) is 64.4 Å². The monoisotopic (exact) mass is 340 g/mol. The van der Waals surface area contributed by atoms with Crippen LogP contribution < -0.4 is 5.32 Å². The zero-order valence-electron chi connectivity index (χ0n) is 12.7. The predicted octanol–water partition coefficient (Wildman–Crippen LogP) is 4.41. The lowest BCUT2D eigenvalue weighted by Gasteiger charge is -2.17. The third-order valence-corrected chi connectivity index (χ3v) is 3.46. The van der Waals surface area contributed by atoms with E-state index < -0.39 is 28.5 Å². The van der Waals surface area contributed by atoms with Gasteiger partial charge in [0.2, 0.25) is 0 Å². The number of nitrogens with zero attached hydrogens (tertiary/aromatic N) is 1. The number of alkyl halides is 3. The molecule has 0 aliphatic carbocycles. The van der Waals surface area contributed by atoms with E-state index >= 15 is 0 Å². The van der Waals surface area contributed by atoms with Crippen LogP contribution in [0.25, 0.3) is 0 Å². The lowest BCUT2D eigenvalue weighted by molar-refractivity contribution is -0.384. The second-order valence-corrected chi connectivity index (χ2v) is 5.00. The van der Waals surface area contributed by atoms with Crippen LogP contribution in [0.3, 0.4) is 0 Å². The number of nitrogens with one attached hydrogen (secondary N) is 1. The van der Waals surface area contributed by atoms with Gasteiger partial charge in [0.05, 0.1) is 16.6 Å². The highest BCUT2D eigenvalue weighted by molar-refractivity contribution is 5.63. The van der Waals surface area contributed by atoms with Crippen molar-refractivity contribution in [3.05, 3.63) is 69.8 Å². The molecular formula is C16H15F3N2O3. The lowest BCUT2D eigenvalue weighted by Crippen LogP contribution is -2.15. The molecule has 1 atom stereocenters. The quantitative estimate of drug-likeness (QED) is 0.625. The van der Waals surface area contributed by atoms with E-state index in [0.29, 0.717) is 6.07 Å². The molecule has 0 aliphatic rings. The SMILES string of the molecule is CO[C@H](CNc1ccc(C(F)(F)F)cc1[N+](=O)[O-])c1ccccc1. The summed E-state index contributed by atoms with van der Waals surface area (Å²) >= 11 is 0. The number of anilines is 1. The van der Waals surface area contributed by atoms with Gasteiger partial charge in [0.1, 0.15) is 5.69 Å². The molecule has 2 rings (SSSR count). The van der Waals surface area contributed by atoms with Crippen molar-refractivity contribution >= 4 is 11.4 Å². The number of ether oxygens (including phenoxy) is 1. The van der Waals surface area contributed by atoms with Crippen molar-refractivity contribution in [2.45, 2.75) is 12.3 Å². The Morgan fingerprint density at radius 2 is 1.88 bits per heavy atom. The molecule has 0 unspecified atom stereocenters. The van der Waals surface area contributed by atoms with Crippen LogP contribution in [0.4, 0.5) is 24.5 Å². The Morgan fingerprint density at radius 3 is 2.42 bits per heavy atom. The molecule has 2 aromatic rings. The smallest absolute Gasteiger partial charge is 0.377 e. The molecule has 5 nitrogen and oxygen atoms in total. The van der Waals surface area contributed by atoms with Gasteiger partial charge >= 0.3 is 6.18 Å². The van der Waals surface area contributed by atoms with Gasteiger partial charge in [-0.2, -0.15) is 13.2 Å². The van der Waals surface area contributed by atoms with Gasteiger partial charge in [0, 0.05) is 19.7 Å². The van der Waals surface area contributed by atoms with Crippen LogP contribution in [0.5, 0.6) is 0 Å². The van der Waals surface area contributed by atoms with E-state index in [0.717, 1.165) is 17.7 Å². The molecule has 0 aliphatic heterocycles. The van der Waals surface area contributed by atoms with Gasteiger partial charge in [-0.05, 0) is 17.7 Å². The van der Waals surface area contributed by atoms with Crippen molar-refractivity contribution in [1.29, 1.82) is 0 Å². The first kappa shape index (κ1) is 17.7. The summed E-state index contributed by atoms with van der Waals surface area (Å²) in [6.45, 7) is 0.173. The molecule has 2 aromatic carbocycles. The van der Waals surface area contributed by atoms with Gasteiger partial charge in [-0.1, -0.05) is 30.3 Å². The van der Waals surface area contributed by atoms with Crippen LogP contribution in [0.15, 0.2) is 48.5 Å². The van der Waals surface area contributed by atoms with Crippen LogP contribution in [0.1, 0.15) is 17.2 Å². The lowest BCUT2D eigenvalue weighted by atomic mass is 10.1. The largest absolute Gasteiger partial charge is 0.416 e. The van der Waals surface area contributed by atoms with Crippen LogP contribution in [0.2, 0.25) is 0 Å². The number of hydrogen-bond donors (Lipinski definition) is 1. The van der Waals surface area contributed by atoms with E-state index in [1.165, 1.54) is 7.11 Å². The van der Waals surface area contributed by atoms with Crippen molar-refractivity contribution in [1.82, 2.24) is 0 Å². The molecule has 0 aromatic heterocycles. The average molecular weight is 340 g/mol. The van der Waals surface area contributed by atoms with Gasteiger partial charge in [0.15, 0.2) is 0 Å². The van der Waals surface area contributed by atoms with E-state index in [1.54, 1.807) is 0 Å². The van der Waals surface area contributed by atoms with Crippen LogP contribution in [0, 0.1) is 10.1 Å². The Morgan fingerprint density at radius 1 is 1.21 bits per heavy atom. The number of methoxy groups -OCH3 is 1.